The SMILES string of the molecule is O=C(c1ccc(-c2nnco2)cc1)N1CCC(O)C1. The zero-order valence-electron chi connectivity index (χ0n) is 10.2. The van der Waals surface area contributed by atoms with E-state index < -0.39 is 6.10 Å². The van der Waals surface area contributed by atoms with Gasteiger partial charge in [0.05, 0.1) is 6.10 Å². The Bertz CT molecular complexity index is 565. The highest BCUT2D eigenvalue weighted by atomic mass is 16.4. The molecule has 6 heteroatoms. The van der Waals surface area contributed by atoms with Gasteiger partial charge in [0.15, 0.2) is 0 Å². The molecule has 19 heavy (non-hydrogen) atoms. The van der Waals surface area contributed by atoms with Gasteiger partial charge in [-0.1, -0.05) is 0 Å². The first-order chi connectivity index (χ1) is 9.24. The fourth-order valence-corrected chi connectivity index (χ4v) is 2.16. The lowest BCUT2D eigenvalue weighted by molar-refractivity contribution is 0.0765. The van der Waals surface area contributed by atoms with Crippen LogP contribution in [0.5, 0.6) is 0 Å². The van der Waals surface area contributed by atoms with Gasteiger partial charge in [0.1, 0.15) is 0 Å². The van der Waals surface area contributed by atoms with Crippen LogP contribution in [-0.4, -0.2) is 45.3 Å². The molecule has 0 saturated carbocycles. The van der Waals surface area contributed by atoms with Gasteiger partial charge in [0, 0.05) is 24.2 Å². The van der Waals surface area contributed by atoms with Crippen LogP contribution in [0.2, 0.25) is 0 Å². The van der Waals surface area contributed by atoms with Gasteiger partial charge in [-0.3, -0.25) is 4.79 Å². The van der Waals surface area contributed by atoms with Crippen molar-refractivity contribution in [2.45, 2.75) is 12.5 Å². The van der Waals surface area contributed by atoms with Crippen molar-refractivity contribution in [2.24, 2.45) is 0 Å². The lowest BCUT2D eigenvalue weighted by Crippen LogP contribution is -2.29. The van der Waals surface area contributed by atoms with E-state index in [4.69, 9.17) is 4.42 Å². The van der Waals surface area contributed by atoms with Crippen molar-refractivity contribution in [1.29, 1.82) is 0 Å². The molecule has 1 N–H and O–H groups in total. The fraction of sp³-hybridized carbons (Fsp3) is 0.308. The monoisotopic (exact) mass is 259 g/mol. The molecule has 1 saturated heterocycles. The third-order valence-electron chi connectivity index (χ3n) is 3.19. The molecule has 1 aliphatic rings. The van der Waals surface area contributed by atoms with Crippen LogP contribution in [0.15, 0.2) is 35.1 Å². The van der Waals surface area contributed by atoms with E-state index in [2.05, 4.69) is 10.2 Å². The molecule has 1 fully saturated rings. The van der Waals surface area contributed by atoms with Crippen LogP contribution in [-0.2, 0) is 0 Å². The predicted octanol–water partition coefficient (Wildman–Crippen LogP) is 0.943. The van der Waals surface area contributed by atoms with Crippen LogP contribution in [0.3, 0.4) is 0 Å². The van der Waals surface area contributed by atoms with Crippen LogP contribution in [0, 0.1) is 0 Å². The molecule has 2 aromatic rings. The number of benzene rings is 1. The molecule has 1 aromatic carbocycles. The summed E-state index contributed by atoms with van der Waals surface area (Å²) in [5.41, 5.74) is 1.37. The van der Waals surface area contributed by atoms with E-state index in [1.54, 1.807) is 29.2 Å². The second-order valence-electron chi connectivity index (χ2n) is 4.51. The second-order valence-corrected chi connectivity index (χ2v) is 4.51. The standard InChI is InChI=1S/C13H13N3O3/c17-11-5-6-16(7-11)13(18)10-3-1-9(2-4-10)12-15-14-8-19-12/h1-4,8,11,17H,5-7H2. The third kappa shape index (κ3) is 2.34. The molecule has 0 radical (unpaired) electrons. The highest BCUT2D eigenvalue weighted by molar-refractivity contribution is 5.94. The number of hydrogen-bond acceptors (Lipinski definition) is 5. The average Bonchev–Trinajstić information content (AvgIpc) is 3.09. The molecule has 1 atom stereocenters. The minimum Gasteiger partial charge on any atom is -0.423 e. The summed E-state index contributed by atoms with van der Waals surface area (Å²) in [4.78, 5) is 13.8. The summed E-state index contributed by atoms with van der Waals surface area (Å²) in [7, 11) is 0. The van der Waals surface area contributed by atoms with Gasteiger partial charge in [-0.15, -0.1) is 10.2 Å². The number of hydrogen-bond donors (Lipinski definition) is 1. The van der Waals surface area contributed by atoms with Gasteiger partial charge < -0.3 is 14.4 Å². The summed E-state index contributed by atoms with van der Waals surface area (Å²) in [6.07, 6.45) is 1.51. The Balaban J connectivity index is 1.77. The van der Waals surface area contributed by atoms with Gasteiger partial charge in [-0.25, -0.2) is 0 Å². The maximum atomic E-state index is 12.2. The Labute approximate surface area is 109 Å². The molecule has 1 amide bonds. The van der Waals surface area contributed by atoms with Gasteiger partial charge >= 0.3 is 0 Å². The Morgan fingerprint density at radius 3 is 2.74 bits per heavy atom. The number of likely N-dealkylation sites (tertiary alicyclic amines) is 1. The summed E-state index contributed by atoms with van der Waals surface area (Å²) in [6.45, 7) is 1.01. The first kappa shape index (κ1) is 11.9. The maximum Gasteiger partial charge on any atom is 0.253 e. The van der Waals surface area contributed by atoms with Crippen molar-refractivity contribution in [2.75, 3.05) is 13.1 Å². The number of nitrogens with zero attached hydrogens (tertiary/aromatic N) is 3. The van der Waals surface area contributed by atoms with Gasteiger partial charge in [0.2, 0.25) is 12.3 Å². The number of aliphatic hydroxyl groups is 1. The summed E-state index contributed by atoms with van der Waals surface area (Å²) >= 11 is 0. The molecule has 98 valence electrons. The lowest BCUT2D eigenvalue weighted by Gasteiger charge is -2.15. The number of rotatable bonds is 2. The van der Waals surface area contributed by atoms with E-state index in [1.807, 2.05) is 0 Å². The number of carbonyl (C=O) groups is 1. The van der Waals surface area contributed by atoms with Crippen LogP contribution in [0.4, 0.5) is 0 Å². The fourth-order valence-electron chi connectivity index (χ4n) is 2.16. The highest BCUT2D eigenvalue weighted by Gasteiger charge is 2.25. The van der Waals surface area contributed by atoms with Crippen molar-refractivity contribution >= 4 is 5.91 Å². The number of amides is 1. The van der Waals surface area contributed by atoms with E-state index in [0.717, 1.165) is 5.56 Å². The van der Waals surface area contributed by atoms with Crippen molar-refractivity contribution in [3.8, 4) is 11.5 Å². The van der Waals surface area contributed by atoms with Crippen LogP contribution in [0.1, 0.15) is 16.8 Å². The molecule has 1 aromatic heterocycles. The largest absolute Gasteiger partial charge is 0.423 e. The summed E-state index contributed by atoms with van der Waals surface area (Å²) in [6, 6.07) is 7.00. The summed E-state index contributed by atoms with van der Waals surface area (Å²) in [5.74, 6) is 0.365. The van der Waals surface area contributed by atoms with Crippen molar-refractivity contribution < 1.29 is 14.3 Å². The summed E-state index contributed by atoms with van der Waals surface area (Å²) in [5, 5.41) is 16.9. The van der Waals surface area contributed by atoms with Crippen molar-refractivity contribution in [3.05, 3.63) is 36.2 Å². The zero-order chi connectivity index (χ0) is 13.2. The van der Waals surface area contributed by atoms with E-state index in [-0.39, 0.29) is 5.91 Å². The molecule has 1 unspecified atom stereocenters. The van der Waals surface area contributed by atoms with E-state index >= 15 is 0 Å². The minimum absolute atomic E-state index is 0.0615. The van der Waals surface area contributed by atoms with E-state index in [0.29, 0.717) is 31.0 Å². The van der Waals surface area contributed by atoms with Crippen LogP contribution < -0.4 is 0 Å². The quantitative estimate of drug-likeness (QED) is 0.868. The number of aliphatic hydroxyl groups excluding tert-OH is 1. The molecule has 0 bridgehead atoms. The molecule has 6 nitrogen and oxygen atoms in total. The van der Waals surface area contributed by atoms with Gasteiger partial charge in [0.25, 0.3) is 5.91 Å². The Morgan fingerprint density at radius 1 is 1.37 bits per heavy atom. The van der Waals surface area contributed by atoms with Gasteiger partial charge in [-0.05, 0) is 30.7 Å². The first-order valence-electron chi connectivity index (χ1n) is 6.08. The first-order valence-corrected chi connectivity index (χ1v) is 6.08. The Hall–Kier alpha value is -2.21. The van der Waals surface area contributed by atoms with Crippen LogP contribution >= 0.6 is 0 Å². The Morgan fingerprint density at radius 2 is 2.16 bits per heavy atom. The Kier molecular flexibility index (Phi) is 3.00. The van der Waals surface area contributed by atoms with E-state index in [9.17, 15) is 9.90 Å². The zero-order valence-corrected chi connectivity index (χ0v) is 10.2. The molecule has 0 aliphatic carbocycles. The number of carbonyl (C=O) groups excluding carboxylic acids is 1. The van der Waals surface area contributed by atoms with Crippen LogP contribution in [0.25, 0.3) is 11.5 Å². The second kappa shape index (κ2) is 4.81. The van der Waals surface area contributed by atoms with Crippen molar-refractivity contribution in [3.63, 3.8) is 0 Å². The molecular formula is C13H13N3O3. The summed E-state index contributed by atoms with van der Waals surface area (Å²) < 4.78 is 5.08. The molecule has 1 aliphatic heterocycles. The smallest absolute Gasteiger partial charge is 0.253 e. The minimum atomic E-state index is -0.401. The highest BCUT2D eigenvalue weighted by Crippen LogP contribution is 2.19. The third-order valence-corrected chi connectivity index (χ3v) is 3.19. The maximum absolute atomic E-state index is 12.2. The number of aromatic nitrogens is 2. The normalized spacial score (nSPS) is 18.8. The molecule has 0 spiro atoms. The molecular weight excluding hydrogens is 246 g/mol. The lowest BCUT2D eigenvalue weighted by atomic mass is 10.1. The average molecular weight is 259 g/mol. The number of β-amino-alcohol motifs (C(OH)–C–C–N with tert-alkyl or cyclic N) is 1. The van der Waals surface area contributed by atoms with E-state index in [1.165, 1.54) is 6.39 Å². The van der Waals surface area contributed by atoms with Gasteiger partial charge in [-0.2, -0.15) is 0 Å². The topological polar surface area (TPSA) is 79.5 Å². The van der Waals surface area contributed by atoms with Crippen molar-refractivity contribution in [1.82, 2.24) is 15.1 Å². The predicted molar refractivity (Wildman–Crippen MR) is 66.3 cm³/mol. The molecule has 2 heterocycles. The molecule has 3 rings (SSSR count).